The van der Waals surface area contributed by atoms with E-state index in [1.54, 1.807) is 25.6 Å². The summed E-state index contributed by atoms with van der Waals surface area (Å²) in [4.78, 5) is 21.0. The molecule has 2 amide bonds. The Labute approximate surface area is 178 Å². The van der Waals surface area contributed by atoms with Gasteiger partial charge in [0.25, 0.3) is 0 Å². The van der Waals surface area contributed by atoms with E-state index in [4.69, 9.17) is 9.47 Å². The largest absolute Gasteiger partial charge is 0.470 e. The number of amides is 2. The van der Waals surface area contributed by atoms with E-state index in [9.17, 15) is 4.79 Å². The van der Waals surface area contributed by atoms with Gasteiger partial charge in [0.2, 0.25) is 5.88 Å². The maximum Gasteiger partial charge on any atom is 0.320 e. The molecule has 0 spiro atoms. The molecule has 0 saturated heterocycles. The van der Waals surface area contributed by atoms with Crippen molar-refractivity contribution in [1.82, 2.24) is 25.5 Å². The van der Waals surface area contributed by atoms with E-state index in [1.165, 1.54) is 0 Å². The highest BCUT2D eigenvalue weighted by molar-refractivity contribution is 5.92. The van der Waals surface area contributed by atoms with Crippen molar-refractivity contribution < 1.29 is 14.3 Å². The molecule has 0 fully saturated rings. The zero-order valence-corrected chi connectivity index (χ0v) is 16.9. The Morgan fingerprint density at radius 1 is 1.13 bits per heavy atom. The summed E-state index contributed by atoms with van der Waals surface area (Å²) in [5, 5.41) is 13.4. The fraction of sp³-hybridized carbons (Fsp3) is 0.182. The number of aromatic amines is 1. The van der Waals surface area contributed by atoms with Crippen LogP contribution < -0.4 is 15.4 Å². The Kier molecular flexibility index (Phi) is 6.34. The Bertz CT molecular complexity index is 1130. The van der Waals surface area contributed by atoms with Crippen molar-refractivity contribution in [2.24, 2.45) is 0 Å². The van der Waals surface area contributed by atoms with Crippen LogP contribution in [0.25, 0.3) is 10.9 Å². The lowest BCUT2D eigenvalue weighted by molar-refractivity contribution is 0.168. The number of fused-ring (bicyclic) bond motifs is 1. The highest BCUT2D eigenvalue weighted by atomic mass is 16.5. The minimum Gasteiger partial charge on any atom is -0.470 e. The van der Waals surface area contributed by atoms with E-state index < -0.39 is 0 Å². The summed E-state index contributed by atoms with van der Waals surface area (Å²) in [6.45, 7) is 0.644. The Hall–Kier alpha value is -3.98. The molecule has 1 aromatic carbocycles. The minimum atomic E-state index is -0.385. The number of rotatable bonds is 8. The summed E-state index contributed by atoms with van der Waals surface area (Å²) in [5.74, 6) is 0.808. The summed E-state index contributed by atoms with van der Waals surface area (Å²) in [6.07, 6.45) is 3.31. The molecular formula is C22H22N6O3. The van der Waals surface area contributed by atoms with Crippen LogP contribution in [0.3, 0.4) is 0 Å². The van der Waals surface area contributed by atoms with Gasteiger partial charge < -0.3 is 14.8 Å². The van der Waals surface area contributed by atoms with Gasteiger partial charge in [-0.2, -0.15) is 0 Å². The monoisotopic (exact) mass is 418 g/mol. The third-order valence-electron chi connectivity index (χ3n) is 4.58. The van der Waals surface area contributed by atoms with Gasteiger partial charge >= 0.3 is 6.03 Å². The van der Waals surface area contributed by atoms with Crippen LogP contribution >= 0.6 is 0 Å². The first-order chi connectivity index (χ1) is 15.2. The first kappa shape index (κ1) is 20.3. The molecule has 0 saturated carbocycles. The van der Waals surface area contributed by atoms with E-state index in [-0.39, 0.29) is 12.1 Å². The molecule has 3 heterocycles. The van der Waals surface area contributed by atoms with Crippen molar-refractivity contribution in [2.75, 3.05) is 19.0 Å². The number of hydrogen-bond acceptors (Lipinski definition) is 6. The summed E-state index contributed by atoms with van der Waals surface area (Å²) in [6, 6.07) is 16.3. The lowest BCUT2D eigenvalue weighted by atomic mass is 10.1. The van der Waals surface area contributed by atoms with Gasteiger partial charge in [0.1, 0.15) is 12.4 Å². The highest BCUT2D eigenvalue weighted by Gasteiger charge is 2.15. The molecule has 3 N–H and O–H groups in total. The van der Waals surface area contributed by atoms with Gasteiger partial charge in [0.05, 0.1) is 29.2 Å². The number of pyridine rings is 2. The molecule has 158 valence electrons. The molecule has 9 nitrogen and oxygen atoms in total. The van der Waals surface area contributed by atoms with Crippen LogP contribution in [0.4, 0.5) is 10.6 Å². The second-order valence-corrected chi connectivity index (χ2v) is 6.77. The maximum absolute atomic E-state index is 12.5. The van der Waals surface area contributed by atoms with Crippen molar-refractivity contribution in [1.29, 1.82) is 0 Å². The smallest absolute Gasteiger partial charge is 0.320 e. The third kappa shape index (κ3) is 5.14. The second kappa shape index (κ2) is 9.68. The quantitative estimate of drug-likeness (QED) is 0.404. The number of H-pyrrole nitrogens is 1. The first-order valence-corrected chi connectivity index (χ1v) is 9.71. The highest BCUT2D eigenvalue weighted by Crippen LogP contribution is 2.24. The van der Waals surface area contributed by atoms with Crippen molar-refractivity contribution >= 4 is 22.8 Å². The Morgan fingerprint density at radius 2 is 1.97 bits per heavy atom. The minimum absolute atomic E-state index is 0.284. The van der Waals surface area contributed by atoms with Gasteiger partial charge in [-0.25, -0.2) is 9.78 Å². The predicted molar refractivity (Wildman–Crippen MR) is 116 cm³/mol. The molecule has 4 rings (SSSR count). The molecule has 0 radical (unpaired) electrons. The second-order valence-electron chi connectivity index (χ2n) is 6.77. The fourth-order valence-electron chi connectivity index (χ4n) is 3.08. The average Bonchev–Trinajstić information content (AvgIpc) is 3.21. The van der Waals surface area contributed by atoms with Gasteiger partial charge in [0.15, 0.2) is 0 Å². The van der Waals surface area contributed by atoms with E-state index >= 15 is 0 Å². The number of hydrogen-bond donors (Lipinski definition) is 3. The number of ether oxygens (including phenoxy) is 2. The molecular weight excluding hydrogens is 396 g/mol. The number of aromatic nitrogens is 4. The molecule has 0 aliphatic rings. The topological polar surface area (TPSA) is 114 Å². The number of carbonyl (C=O) groups excluding carboxylic acids is 1. The van der Waals surface area contributed by atoms with Crippen LogP contribution in [0, 0.1) is 0 Å². The van der Waals surface area contributed by atoms with E-state index in [2.05, 4.69) is 30.8 Å². The van der Waals surface area contributed by atoms with Crippen molar-refractivity contribution in [2.45, 2.75) is 12.6 Å². The Morgan fingerprint density at radius 3 is 2.74 bits per heavy atom. The van der Waals surface area contributed by atoms with Crippen LogP contribution in [0.1, 0.15) is 17.3 Å². The summed E-state index contributed by atoms with van der Waals surface area (Å²) in [7, 11) is 1.59. The van der Waals surface area contributed by atoms with Crippen LogP contribution in [-0.2, 0) is 11.3 Å². The van der Waals surface area contributed by atoms with Gasteiger partial charge in [-0.3, -0.25) is 15.4 Å². The van der Waals surface area contributed by atoms with E-state index in [1.807, 2.05) is 48.5 Å². The van der Waals surface area contributed by atoms with Gasteiger partial charge in [0, 0.05) is 25.6 Å². The molecule has 0 bridgehead atoms. The summed E-state index contributed by atoms with van der Waals surface area (Å²) in [5.41, 5.74) is 2.44. The molecule has 3 aromatic heterocycles. The molecule has 1 atom stereocenters. The zero-order valence-electron chi connectivity index (χ0n) is 16.9. The molecule has 0 unspecified atom stereocenters. The normalized spacial score (nSPS) is 11.8. The maximum atomic E-state index is 12.5. The number of anilines is 1. The fourth-order valence-corrected chi connectivity index (χ4v) is 3.08. The summed E-state index contributed by atoms with van der Waals surface area (Å²) < 4.78 is 11.0. The van der Waals surface area contributed by atoms with Crippen LogP contribution in [-0.4, -0.2) is 39.9 Å². The molecule has 0 aliphatic heterocycles. The van der Waals surface area contributed by atoms with Crippen molar-refractivity contribution in [3.8, 4) is 5.88 Å². The number of urea groups is 1. The van der Waals surface area contributed by atoms with E-state index in [0.29, 0.717) is 35.8 Å². The molecule has 9 heteroatoms. The van der Waals surface area contributed by atoms with Crippen LogP contribution in [0.2, 0.25) is 0 Å². The molecule has 0 aliphatic carbocycles. The van der Waals surface area contributed by atoms with Gasteiger partial charge in [-0.05, 0) is 17.7 Å². The number of nitrogens with one attached hydrogen (secondary N) is 3. The third-order valence-corrected chi connectivity index (χ3v) is 4.58. The van der Waals surface area contributed by atoms with Crippen LogP contribution in [0.5, 0.6) is 5.88 Å². The predicted octanol–water partition coefficient (Wildman–Crippen LogP) is 3.44. The average molecular weight is 418 g/mol. The number of nitrogens with zero attached hydrogens (tertiary/aromatic N) is 3. The van der Waals surface area contributed by atoms with Crippen molar-refractivity contribution in [3.63, 3.8) is 0 Å². The molecule has 4 aromatic rings. The van der Waals surface area contributed by atoms with Crippen LogP contribution in [0.15, 0.2) is 67.0 Å². The number of benzene rings is 1. The van der Waals surface area contributed by atoms with Gasteiger partial charge in [-0.1, -0.05) is 36.4 Å². The Balaban J connectivity index is 1.41. The number of carbonyl (C=O) groups is 1. The zero-order chi connectivity index (χ0) is 21.5. The number of methoxy groups -OCH3 is 1. The lowest BCUT2D eigenvalue weighted by Crippen LogP contribution is -2.35. The lowest BCUT2D eigenvalue weighted by Gasteiger charge is -2.18. The standard InChI is InChI=1S/C22H22N6O3/c1-30-14-19(15-7-3-2-4-8-15)25-22(29)26-20-11-18-17(12-24-20)21(28-27-18)31-13-16-9-5-6-10-23-16/h2-12,19H,13-14H2,1H3,(H,27,28)(H2,24,25,26,29)/t19-/m1/s1. The summed E-state index contributed by atoms with van der Waals surface area (Å²) >= 11 is 0. The van der Waals surface area contributed by atoms with E-state index in [0.717, 1.165) is 11.3 Å². The first-order valence-electron chi connectivity index (χ1n) is 9.71. The van der Waals surface area contributed by atoms with Gasteiger partial charge in [-0.15, -0.1) is 5.10 Å². The molecule has 31 heavy (non-hydrogen) atoms. The van der Waals surface area contributed by atoms with Crippen molar-refractivity contribution in [3.05, 3.63) is 78.2 Å². The SMILES string of the molecule is COC[C@@H](NC(=O)Nc1cc2[nH]nc(OCc3ccccn3)c2cn1)c1ccccc1.